The molecule has 5 heteroatoms. The Labute approximate surface area is 87.4 Å². The maximum atomic E-state index is 9.23. The molecule has 0 unspecified atom stereocenters. The van der Waals surface area contributed by atoms with Gasteiger partial charge in [-0.1, -0.05) is 11.6 Å². The number of rotatable bonds is 2. The van der Waals surface area contributed by atoms with Crippen molar-refractivity contribution in [2.75, 3.05) is 13.2 Å². The Morgan fingerprint density at radius 2 is 2.29 bits per heavy atom. The fraction of sp³-hybridized carbons (Fsp3) is 0.667. The largest absolute Gasteiger partial charge is 0.504 e. The summed E-state index contributed by atoms with van der Waals surface area (Å²) in [6.07, 6.45) is 3.45. The van der Waals surface area contributed by atoms with Crippen molar-refractivity contribution in [2.24, 2.45) is 5.92 Å². The molecule has 0 amide bonds. The number of nitrogens with zero attached hydrogens (tertiary/aromatic N) is 2. The van der Waals surface area contributed by atoms with E-state index in [-0.39, 0.29) is 5.75 Å². The highest BCUT2D eigenvalue weighted by atomic mass is 35.5. The molecule has 0 aliphatic carbocycles. The van der Waals surface area contributed by atoms with E-state index in [1.165, 1.54) is 6.20 Å². The molecule has 1 N–H and O–H groups in total. The number of hydrogen-bond donors (Lipinski definition) is 1. The molecule has 0 atom stereocenters. The van der Waals surface area contributed by atoms with Gasteiger partial charge in [0, 0.05) is 19.8 Å². The molecule has 0 bridgehead atoms. The van der Waals surface area contributed by atoms with Gasteiger partial charge < -0.3 is 9.84 Å². The number of aromatic hydroxyl groups is 1. The quantitative estimate of drug-likeness (QED) is 0.818. The van der Waals surface area contributed by atoms with Crippen molar-refractivity contribution in [3.8, 4) is 5.75 Å². The monoisotopic (exact) mass is 216 g/mol. The Hall–Kier alpha value is -0.740. The minimum absolute atomic E-state index is 0.0544. The van der Waals surface area contributed by atoms with Gasteiger partial charge in [-0.15, -0.1) is 0 Å². The number of ether oxygens (including phenoxy) is 1. The highest BCUT2D eigenvalue weighted by Crippen LogP contribution is 2.24. The Bertz CT molecular complexity index is 308. The molecule has 1 saturated heterocycles. The normalized spacial score (nSPS) is 18.6. The minimum atomic E-state index is 0.0544. The molecule has 1 aliphatic heterocycles. The number of hydrogen-bond acceptors (Lipinski definition) is 3. The summed E-state index contributed by atoms with van der Waals surface area (Å²) in [7, 11) is 0. The van der Waals surface area contributed by atoms with Crippen LogP contribution in [0.25, 0.3) is 0 Å². The van der Waals surface area contributed by atoms with Crippen LogP contribution in [-0.2, 0) is 11.3 Å². The lowest BCUT2D eigenvalue weighted by atomic mass is 10.0. The molecule has 1 fully saturated rings. The van der Waals surface area contributed by atoms with Gasteiger partial charge in [0.1, 0.15) is 0 Å². The zero-order chi connectivity index (χ0) is 9.97. The van der Waals surface area contributed by atoms with Crippen LogP contribution in [0.5, 0.6) is 5.75 Å². The standard InChI is InChI=1S/C9H13ClN2O2/c10-9-8(13)5-11-12(9)6-7-1-3-14-4-2-7/h5,7,13H,1-4,6H2. The van der Waals surface area contributed by atoms with E-state index < -0.39 is 0 Å². The highest BCUT2D eigenvalue weighted by molar-refractivity contribution is 6.30. The predicted octanol–water partition coefficient (Wildman–Crippen LogP) is 1.67. The van der Waals surface area contributed by atoms with Crippen molar-refractivity contribution in [1.29, 1.82) is 0 Å². The lowest BCUT2D eigenvalue weighted by Crippen LogP contribution is -2.20. The van der Waals surface area contributed by atoms with Crippen LogP contribution in [0, 0.1) is 5.92 Å². The van der Waals surface area contributed by atoms with E-state index in [0.717, 1.165) is 32.6 Å². The maximum absolute atomic E-state index is 9.23. The van der Waals surface area contributed by atoms with Gasteiger partial charge >= 0.3 is 0 Å². The van der Waals surface area contributed by atoms with Crippen molar-refractivity contribution in [1.82, 2.24) is 9.78 Å². The zero-order valence-corrected chi connectivity index (χ0v) is 8.57. The molecule has 1 aliphatic rings. The average Bonchev–Trinajstić information content (AvgIpc) is 2.52. The predicted molar refractivity (Wildman–Crippen MR) is 52.4 cm³/mol. The van der Waals surface area contributed by atoms with Gasteiger partial charge in [-0.05, 0) is 18.8 Å². The van der Waals surface area contributed by atoms with E-state index in [2.05, 4.69) is 5.10 Å². The molecule has 0 spiro atoms. The van der Waals surface area contributed by atoms with Crippen LogP contribution >= 0.6 is 11.6 Å². The summed E-state index contributed by atoms with van der Waals surface area (Å²) in [6, 6.07) is 0. The lowest BCUT2D eigenvalue weighted by Gasteiger charge is -2.21. The summed E-state index contributed by atoms with van der Waals surface area (Å²) in [4.78, 5) is 0. The second-order valence-electron chi connectivity index (χ2n) is 3.56. The topological polar surface area (TPSA) is 47.3 Å². The second-order valence-corrected chi connectivity index (χ2v) is 3.92. The van der Waals surface area contributed by atoms with Gasteiger partial charge in [0.25, 0.3) is 0 Å². The molecule has 0 radical (unpaired) electrons. The average molecular weight is 217 g/mol. The molecule has 0 saturated carbocycles. The van der Waals surface area contributed by atoms with E-state index in [9.17, 15) is 5.11 Å². The Morgan fingerprint density at radius 1 is 1.57 bits per heavy atom. The smallest absolute Gasteiger partial charge is 0.172 e. The molecule has 2 heterocycles. The minimum Gasteiger partial charge on any atom is -0.504 e. The molecular weight excluding hydrogens is 204 g/mol. The lowest BCUT2D eigenvalue weighted by molar-refractivity contribution is 0.0601. The second kappa shape index (κ2) is 4.19. The van der Waals surface area contributed by atoms with Gasteiger partial charge in [-0.2, -0.15) is 5.10 Å². The van der Waals surface area contributed by atoms with Crippen molar-refractivity contribution >= 4 is 11.6 Å². The molecule has 4 nitrogen and oxygen atoms in total. The first kappa shape index (κ1) is 9.80. The summed E-state index contributed by atoms with van der Waals surface area (Å²) in [5.74, 6) is 0.610. The first-order valence-corrected chi connectivity index (χ1v) is 5.13. The first-order chi connectivity index (χ1) is 6.77. The van der Waals surface area contributed by atoms with Crippen LogP contribution in [0.2, 0.25) is 5.15 Å². The van der Waals surface area contributed by atoms with Gasteiger partial charge in [-0.25, -0.2) is 0 Å². The van der Waals surface area contributed by atoms with Crippen LogP contribution in [0.4, 0.5) is 0 Å². The van der Waals surface area contributed by atoms with E-state index >= 15 is 0 Å². The number of aromatic nitrogens is 2. The molecule has 78 valence electrons. The van der Waals surface area contributed by atoms with E-state index in [0.29, 0.717) is 11.1 Å². The Balaban J connectivity index is 1.99. The summed E-state index contributed by atoms with van der Waals surface area (Å²) in [6.45, 7) is 2.40. The third-order valence-electron chi connectivity index (χ3n) is 2.53. The fourth-order valence-corrected chi connectivity index (χ4v) is 1.82. The molecule has 2 rings (SSSR count). The highest BCUT2D eigenvalue weighted by Gasteiger charge is 2.16. The molecular formula is C9H13ClN2O2. The van der Waals surface area contributed by atoms with Crippen molar-refractivity contribution < 1.29 is 9.84 Å². The van der Waals surface area contributed by atoms with E-state index in [1.807, 2.05) is 0 Å². The van der Waals surface area contributed by atoms with Gasteiger partial charge in [0.2, 0.25) is 0 Å². The summed E-state index contributed by atoms with van der Waals surface area (Å²) in [5, 5.41) is 13.6. The van der Waals surface area contributed by atoms with Crippen molar-refractivity contribution in [2.45, 2.75) is 19.4 Å². The number of halogens is 1. The van der Waals surface area contributed by atoms with Crippen LogP contribution in [0.3, 0.4) is 0 Å². The molecule has 14 heavy (non-hydrogen) atoms. The molecule has 1 aromatic rings. The van der Waals surface area contributed by atoms with Crippen LogP contribution in [-0.4, -0.2) is 28.1 Å². The third kappa shape index (κ3) is 2.01. The fourth-order valence-electron chi connectivity index (χ4n) is 1.66. The Morgan fingerprint density at radius 3 is 2.86 bits per heavy atom. The van der Waals surface area contributed by atoms with E-state index in [1.54, 1.807) is 4.68 Å². The van der Waals surface area contributed by atoms with Crippen molar-refractivity contribution in [3.63, 3.8) is 0 Å². The van der Waals surface area contributed by atoms with Crippen LogP contribution in [0.1, 0.15) is 12.8 Å². The summed E-state index contributed by atoms with van der Waals surface area (Å²) in [5.41, 5.74) is 0. The maximum Gasteiger partial charge on any atom is 0.172 e. The van der Waals surface area contributed by atoms with Gasteiger partial charge in [0.15, 0.2) is 10.9 Å². The van der Waals surface area contributed by atoms with Gasteiger partial charge in [-0.3, -0.25) is 4.68 Å². The molecule has 0 aromatic carbocycles. The van der Waals surface area contributed by atoms with Crippen LogP contribution in [0.15, 0.2) is 6.20 Å². The van der Waals surface area contributed by atoms with Crippen LogP contribution < -0.4 is 0 Å². The first-order valence-electron chi connectivity index (χ1n) is 4.75. The zero-order valence-electron chi connectivity index (χ0n) is 7.82. The van der Waals surface area contributed by atoms with E-state index in [4.69, 9.17) is 16.3 Å². The third-order valence-corrected chi connectivity index (χ3v) is 2.92. The Kier molecular flexibility index (Phi) is 2.93. The molecule has 1 aromatic heterocycles. The van der Waals surface area contributed by atoms with Gasteiger partial charge in [0.05, 0.1) is 6.20 Å². The SMILES string of the molecule is Oc1cnn(CC2CCOCC2)c1Cl. The summed E-state index contributed by atoms with van der Waals surface area (Å²) >= 11 is 5.85. The summed E-state index contributed by atoms with van der Waals surface area (Å²) < 4.78 is 6.91. The van der Waals surface area contributed by atoms with Crippen molar-refractivity contribution in [3.05, 3.63) is 11.3 Å².